The predicted octanol–water partition coefficient (Wildman–Crippen LogP) is 2.17. The van der Waals surface area contributed by atoms with E-state index in [1.54, 1.807) is 6.92 Å². The van der Waals surface area contributed by atoms with E-state index in [0.29, 0.717) is 6.61 Å². The fourth-order valence-corrected chi connectivity index (χ4v) is 2.03. The lowest BCUT2D eigenvalue weighted by Gasteiger charge is -2.17. The Bertz CT molecular complexity index is 376. The highest BCUT2D eigenvalue weighted by atomic mass is 16.5. The van der Waals surface area contributed by atoms with Crippen LogP contribution >= 0.6 is 0 Å². The molecule has 1 aromatic carbocycles. The molecule has 2 N–H and O–H groups in total. The summed E-state index contributed by atoms with van der Waals surface area (Å²) in [6.07, 6.45) is 0. The van der Waals surface area contributed by atoms with Gasteiger partial charge in [-0.3, -0.25) is 0 Å². The number of benzene rings is 1. The molecule has 1 atom stereocenters. The minimum absolute atomic E-state index is 0.358. The summed E-state index contributed by atoms with van der Waals surface area (Å²) in [5.41, 5.74) is 10.0. The minimum atomic E-state index is -0.680. The van der Waals surface area contributed by atoms with Crippen molar-refractivity contribution in [2.75, 3.05) is 6.61 Å². The summed E-state index contributed by atoms with van der Waals surface area (Å²) in [6, 6.07) is 3.38. The van der Waals surface area contributed by atoms with E-state index in [9.17, 15) is 4.79 Å². The molecule has 0 bridgehead atoms. The van der Waals surface area contributed by atoms with Gasteiger partial charge in [0.25, 0.3) is 0 Å². The fraction of sp³-hybridized carbons (Fsp3) is 0.462. The molecule has 1 aromatic rings. The molecule has 1 rings (SSSR count). The SMILES string of the molecule is CCOC(=O)C(N)c1c(C)cc(C)cc1C. The highest BCUT2D eigenvalue weighted by Crippen LogP contribution is 2.22. The van der Waals surface area contributed by atoms with Gasteiger partial charge in [-0.15, -0.1) is 0 Å². The first-order valence-corrected chi connectivity index (χ1v) is 5.47. The van der Waals surface area contributed by atoms with E-state index in [4.69, 9.17) is 10.5 Å². The van der Waals surface area contributed by atoms with Crippen molar-refractivity contribution in [3.63, 3.8) is 0 Å². The summed E-state index contributed by atoms with van der Waals surface area (Å²) in [7, 11) is 0. The van der Waals surface area contributed by atoms with Gasteiger partial charge < -0.3 is 10.5 Å². The number of esters is 1. The Balaban J connectivity index is 3.08. The van der Waals surface area contributed by atoms with Crippen LogP contribution in [0.15, 0.2) is 12.1 Å². The second-order valence-electron chi connectivity index (χ2n) is 4.04. The third-order valence-electron chi connectivity index (χ3n) is 2.59. The van der Waals surface area contributed by atoms with Crippen LogP contribution in [0.1, 0.15) is 35.2 Å². The molecule has 0 aliphatic rings. The highest BCUT2D eigenvalue weighted by molar-refractivity contribution is 5.78. The van der Waals surface area contributed by atoms with Gasteiger partial charge >= 0.3 is 5.97 Å². The normalized spacial score (nSPS) is 12.3. The molecule has 0 fully saturated rings. The number of hydrogen-bond acceptors (Lipinski definition) is 3. The van der Waals surface area contributed by atoms with Gasteiger partial charge in [0.15, 0.2) is 0 Å². The molecule has 3 heteroatoms. The lowest BCUT2D eigenvalue weighted by Crippen LogP contribution is -2.25. The van der Waals surface area contributed by atoms with Gasteiger partial charge in [0.1, 0.15) is 6.04 Å². The summed E-state index contributed by atoms with van der Waals surface area (Å²) in [5.74, 6) is -0.363. The Morgan fingerprint density at radius 1 is 1.31 bits per heavy atom. The summed E-state index contributed by atoms with van der Waals surface area (Å²) < 4.78 is 4.93. The first-order chi connectivity index (χ1) is 7.47. The Labute approximate surface area is 96.6 Å². The molecular formula is C13H19NO2. The van der Waals surface area contributed by atoms with Crippen LogP contribution in [0.2, 0.25) is 0 Å². The van der Waals surface area contributed by atoms with E-state index in [1.807, 2.05) is 32.9 Å². The molecule has 0 saturated carbocycles. The monoisotopic (exact) mass is 221 g/mol. The van der Waals surface area contributed by atoms with Crippen molar-refractivity contribution in [2.45, 2.75) is 33.7 Å². The smallest absolute Gasteiger partial charge is 0.327 e. The number of nitrogens with two attached hydrogens (primary N) is 1. The Kier molecular flexibility index (Phi) is 4.07. The lowest BCUT2D eigenvalue weighted by molar-refractivity contribution is -0.144. The molecule has 0 aliphatic carbocycles. The topological polar surface area (TPSA) is 52.3 Å². The summed E-state index contributed by atoms with van der Waals surface area (Å²) in [6.45, 7) is 8.10. The number of aryl methyl sites for hydroxylation is 3. The van der Waals surface area contributed by atoms with Gasteiger partial charge in [-0.25, -0.2) is 4.79 Å². The molecule has 0 aromatic heterocycles. The number of rotatable bonds is 3. The molecule has 88 valence electrons. The van der Waals surface area contributed by atoms with Crippen LogP contribution in [-0.4, -0.2) is 12.6 Å². The second kappa shape index (κ2) is 5.12. The molecule has 0 saturated heterocycles. The quantitative estimate of drug-likeness (QED) is 0.796. The third kappa shape index (κ3) is 2.61. The van der Waals surface area contributed by atoms with Crippen molar-refractivity contribution in [2.24, 2.45) is 5.73 Å². The minimum Gasteiger partial charge on any atom is -0.465 e. The van der Waals surface area contributed by atoms with Gasteiger partial charge in [0.2, 0.25) is 0 Å². The van der Waals surface area contributed by atoms with E-state index >= 15 is 0 Å². The zero-order chi connectivity index (χ0) is 12.3. The average molecular weight is 221 g/mol. The van der Waals surface area contributed by atoms with Gasteiger partial charge in [0.05, 0.1) is 6.61 Å². The largest absolute Gasteiger partial charge is 0.465 e. The Morgan fingerprint density at radius 3 is 2.25 bits per heavy atom. The van der Waals surface area contributed by atoms with Gasteiger partial charge in [-0.05, 0) is 44.4 Å². The number of hydrogen-bond donors (Lipinski definition) is 1. The Hall–Kier alpha value is -1.35. The first-order valence-electron chi connectivity index (χ1n) is 5.47. The van der Waals surface area contributed by atoms with Crippen molar-refractivity contribution in [3.8, 4) is 0 Å². The molecule has 3 nitrogen and oxygen atoms in total. The van der Waals surface area contributed by atoms with Crippen molar-refractivity contribution in [1.82, 2.24) is 0 Å². The molecule has 0 heterocycles. The molecule has 0 aliphatic heterocycles. The van der Waals surface area contributed by atoms with Crippen LogP contribution in [0.5, 0.6) is 0 Å². The molecule has 0 radical (unpaired) electrons. The van der Waals surface area contributed by atoms with Gasteiger partial charge in [-0.2, -0.15) is 0 Å². The van der Waals surface area contributed by atoms with Gasteiger partial charge in [-0.1, -0.05) is 17.7 Å². The van der Waals surface area contributed by atoms with Crippen LogP contribution in [0.25, 0.3) is 0 Å². The maximum atomic E-state index is 11.6. The van der Waals surface area contributed by atoms with Crippen LogP contribution in [-0.2, 0) is 9.53 Å². The van der Waals surface area contributed by atoms with Crippen LogP contribution < -0.4 is 5.73 Å². The lowest BCUT2D eigenvalue weighted by atomic mass is 9.94. The van der Waals surface area contributed by atoms with Crippen LogP contribution in [0.4, 0.5) is 0 Å². The van der Waals surface area contributed by atoms with E-state index in [2.05, 4.69) is 0 Å². The first kappa shape index (κ1) is 12.7. The van der Waals surface area contributed by atoms with Crippen LogP contribution in [0.3, 0.4) is 0 Å². The number of carbonyl (C=O) groups excluding carboxylic acids is 1. The zero-order valence-corrected chi connectivity index (χ0v) is 10.3. The Morgan fingerprint density at radius 2 is 1.81 bits per heavy atom. The van der Waals surface area contributed by atoms with E-state index < -0.39 is 6.04 Å². The van der Waals surface area contributed by atoms with Gasteiger partial charge in [0, 0.05) is 0 Å². The zero-order valence-electron chi connectivity index (χ0n) is 10.3. The molecule has 1 unspecified atom stereocenters. The van der Waals surface area contributed by atoms with Crippen LogP contribution in [0, 0.1) is 20.8 Å². The molecule has 0 amide bonds. The van der Waals surface area contributed by atoms with Crippen molar-refractivity contribution >= 4 is 5.97 Å². The second-order valence-corrected chi connectivity index (χ2v) is 4.04. The summed E-state index contributed by atoms with van der Waals surface area (Å²) in [5, 5.41) is 0. The highest BCUT2D eigenvalue weighted by Gasteiger charge is 2.20. The number of carbonyl (C=O) groups is 1. The van der Waals surface area contributed by atoms with Crippen molar-refractivity contribution < 1.29 is 9.53 Å². The van der Waals surface area contributed by atoms with Crippen molar-refractivity contribution in [3.05, 3.63) is 34.4 Å². The van der Waals surface area contributed by atoms with E-state index in [1.165, 1.54) is 5.56 Å². The third-order valence-corrected chi connectivity index (χ3v) is 2.59. The molecular weight excluding hydrogens is 202 g/mol. The predicted molar refractivity (Wildman–Crippen MR) is 64.2 cm³/mol. The summed E-state index contributed by atoms with van der Waals surface area (Å²) >= 11 is 0. The van der Waals surface area contributed by atoms with E-state index in [0.717, 1.165) is 16.7 Å². The van der Waals surface area contributed by atoms with Crippen molar-refractivity contribution in [1.29, 1.82) is 0 Å². The molecule has 0 spiro atoms. The maximum Gasteiger partial charge on any atom is 0.327 e. The van der Waals surface area contributed by atoms with E-state index in [-0.39, 0.29) is 5.97 Å². The standard InChI is InChI=1S/C13H19NO2/c1-5-16-13(15)12(14)11-9(3)6-8(2)7-10(11)4/h6-7,12H,5,14H2,1-4H3. The fourth-order valence-electron chi connectivity index (χ4n) is 2.03. The molecule has 16 heavy (non-hydrogen) atoms. The maximum absolute atomic E-state index is 11.6. The number of ether oxygens (including phenoxy) is 1. The average Bonchev–Trinajstić information content (AvgIpc) is 2.16. The summed E-state index contributed by atoms with van der Waals surface area (Å²) in [4.78, 5) is 11.6.